The van der Waals surface area contributed by atoms with Crippen molar-refractivity contribution < 1.29 is 14.6 Å². The molecule has 0 aromatic heterocycles. The fourth-order valence-electron chi connectivity index (χ4n) is 2.94. The van der Waals surface area contributed by atoms with Crippen LogP contribution in [0, 0.1) is 0 Å². The minimum absolute atomic E-state index is 0.249. The van der Waals surface area contributed by atoms with Crippen LogP contribution in [-0.4, -0.2) is 47.3 Å². The van der Waals surface area contributed by atoms with Gasteiger partial charge in [-0.3, -0.25) is 9.69 Å². The zero-order valence-corrected chi connectivity index (χ0v) is 9.89. The number of hydrogen-bond donors (Lipinski definition) is 1. The van der Waals surface area contributed by atoms with E-state index in [0.29, 0.717) is 12.1 Å². The minimum atomic E-state index is -0.656. The molecule has 0 spiro atoms. The smallest absolute Gasteiger partial charge is 0.320 e. The SMILES string of the molecule is CCC1CC(N2CCCC2C(=O)O)CCO1. The number of carbonyl (C=O) groups is 1. The van der Waals surface area contributed by atoms with Crippen molar-refractivity contribution >= 4 is 5.97 Å². The van der Waals surface area contributed by atoms with E-state index in [2.05, 4.69) is 11.8 Å². The Labute approximate surface area is 96.6 Å². The molecule has 2 saturated heterocycles. The quantitative estimate of drug-likeness (QED) is 0.793. The Morgan fingerprint density at radius 2 is 2.31 bits per heavy atom. The first-order valence-corrected chi connectivity index (χ1v) is 6.32. The molecule has 2 heterocycles. The number of carboxylic acid groups (broad SMARTS) is 1. The summed E-state index contributed by atoms with van der Waals surface area (Å²) in [4.78, 5) is 13.3. The molecule has 1 N–H and O–H groups in total. The second kappa shape index (κ2) is 5.15. The molecule has 0 aliphatic carbocycles. The third-order valence-electron chi connectivity index (χ3n) is 3.84. The molecule has 0 bridgehead atoms. The predicted octanol–water partition coefficient (Wildman–Crippen LogP) is 1.49. The summed E-state index contributed by atoms with van der Waals surface area (Å²) in [6, 6.07) is 0.169. The summed E-state index contributed by atoms with van der Waals surface area (Å²) in [6.45, 7) is 3.86. The van der Waals surface area contributed by atoms with Gasteiger partial charge in [-0.15, -0.1) is 0 Å². The molecule has 2 rings (SSSR count). The van der Waals surface area contributed by atoms with Gasteiger partial charge in [-0.1, -0.05) is 6.92 Å². The molecule has 3 atom stereocenters. The molecule has 0 saturated carbocycles. The fourth-order valence-corrected chi connectivity index (χ4v) is 2.94. The Morgan fingerprint density at radius 1 is 1.50 bits per heavy atom. The van der Waals surface area contributed by atoms with Crippen LogP contribution in [0.15, 0.2) is 0 Å². The number of hydrogen-bond acceptors (Lipinski definition) is 3. The molecule has 0 aromatic rings. The Kier molecular flexibility index (Phi) is 3.82. The van der Waals surface area contributed by atoms with Gasteiger partial charge in [-0.2, -0.15) is 0 Å². The molecule has 4 nitrogen and oxygen atoms in total. The van der Waals surface area contributed by atoms with Gasteiger partial charge < -0.3 is 9.84 Å². The molecule has 0 aromatic carbocycles. The van der Waals surface area contributed by atoms with Gasteiger partial charge in [0.1, 0.15) is 6.04 Å². The van der Waals surface area contributed by atoms with E-state index < -0.39 is 5.97 Å². The van der Waals surface area contributed by atoms with Gasteiger partial charge in [0.2, 0.25) is 0 Å². The zero-order chi connectivity index (χ0) is 11.5. The number of aliphatic carboxylic acids is 1. The number of rotatable bonds is 3. The van der Waals surface area contributed by atoms with E-state index in [1.54, 1.807) is 0 Å². The third-order valence-corrected chi connectivity index (χ3v) is 3.84. The summed E-state index contributed by atoms with van der Waals surface area (Å²) >= 11 is 0. The van der Waals surface area contributed by atoms with Crippen molar-refractivity contribution in [3.63, 3.8) is 0 Å². The number of likely N-dealkylation sites (tertiary alicyclic amines) is 1. The minimum Gasteiger partial charge on any atom is -0.480 e. The van der Waals surface area contributed by atoms with Crippen LogP contribution >= 0.6 is 0 Å². The van der Waals surface area contributed by atoms with Crippen molar-refractivity contribution in [1.29, 1.82) is 0 Å². The van der Waals surface area contributed by atoms with Crippen molar-refractivity contribution in [2.24, 2.45) is 0 Å². The van der Waals surface area contributed by atoms with Crippen LogP contribution in [0.25, 0.3) is 0 Å². The van der Waals surface area contributed by atoms with Crippen LogP contribution in [0.3, 0.4) is 0 Å². The second-order valence-electron chi connectivity index (χ2n) is 4.81. The van der Waals surface area contributed by atoms with E-state index in [1.807, 2.05) is 0 Å². The van der Waals surface area contributed by atoms with Crippen LogP contribution < -0.4 is 0 Å². The molecule has 2 aliphatic heterocycles. The van der Waals surface area contributed by atoms with E-state index in [0.717, 1.165) is 45.3 Å². The van der Waals surface area contributed by atoms with Gasteiger partial charge in [0, 0.05) is 12.6 Å². The predicted molar refractivity (Wildman–Crippen MR) is 60.4 cm³/mol. The average Bonchev–Trinajstić information content (AvgIpc) is 2.78. The molecular weight excluding hydrogens is 206 g/mol. The summed E-state index contributed by atoms with van der Waals surface area (Å²) in [5, 5.41) is 9.16. The van der Waals surface area contributed by atoms with Gasteiger partial charge in [0.25, 0.3) is 0 Å². The molecule has 4 heteroatoms. The first-order valence-electron chi connectivity index (χ1n) is 6.32. The lowest BCUT2D eigenvalue weighted by molar-refractivity contribution is -0.144. The van der Waals surface area contributed by atoms with Gasteiger partial charge in [-0.05, 0) is 38.6 Å². The van der Waals surface area contributed by atoms with Crippen molar-refractivity contribution in [3.05, 3.63) is 0 Å². The Balaban J connectivity index is 1.97. The van der Waals surface area contributed by atoms with Crippen LogP contribution in [0.2, 0.25) is 0 Å². The molecule has 0 amide bonds. The standard InChI is InChI=1S/C12H21NO3/c1-2-10-8-9(5-7-16-10)13-6-3-4-11(13)12(14)15/h9-11H,2-8H2,1H3,(H,14,15). The molecule has 2 fully saturated rings. The highest BCUT2D eigenvalue weighted by atomic mass is 16.5. The number of carboxylic acids is 1. The zero-order valence-electron chi connectivity index (χ0n) is 9.89. The first-order chi connectivity index (χ1) is 7.72. The monoisotopic (exact) mass is 227 g/mol. The summed E-state index contributed by atoms with van der Waals surface area (Å²) in [5.74, 6) is -0.656. The topological polar surface area (TPSA) is 49.8 Å². The Bertz CT molecular complexity index is 257. The van der Waals surface area contributed by atoms with Gasteiger partial charge in [0.05, 0.1) is 6.10 Å². The molecule has 0 radical (unpaired) electrons. The van der Waals surface area contributed by atoms with E-state index in [1.165, 1.54) is 0 Å². The molecular formula is C12H21NO3. The van der Waals surface area contributed by atoms with E-state index in [-0.39, 0.29) is 6.04 Å². The molecule has 2 aliphatic rings. The lowest BCUT2D eigenvalue weighted by atomic mass is 9.99. The normalized spacial score (nSPS) is 36.4. The van der Waals surface area contributed by atoms with Crippen molar-refractivity contribution in [2.45, 2.75) is 57.2 Å². The lowest BCUT2D eigenvalue weighted by Crippen LogP contribution is -2.47. The maximum absolute atomic E-state index is 11.1. The lowest BCUT2D eigenvalue weighted by Gasteiger charge is -2.37. The van der Waals surface area contributed by atoms with Crippen molar-refractivity contribution in [2.75, 3.05) is 13.2 Å². The van der Waals surface area contributed by atoms with Crippen LogP contribution in [0.1, 0.15) is 39.0 Å². The van der Waals surface area contributed by atoms with Gasteiger partial charge in [-0.25, -0.2) is 0 Å². The first kappa shape index (κ1) is 11.9. The summed E-state index contributed by atoms with van der Waals surface area (Å²) < 4.78 is 5.64. The van der Waals surface area contributed by atoms with Crippen molar-refractivity contribution in [1.82, 2.24) is 4.90 Å². The fraction of sp³-hybridized carbons (Fsp3) is 0.917. The average molecular weight is 227 g/mol. The van der Waals surface area contributed by atoms with Crippen LogP contribution in [0.5, 0.6) is 0 Å². The highest BCUT2D eigenvalue weighted by Gasteiger charge is 2.37. The second-order valence-corrected chi connectivity index (χ2v) is 4.81. The maximum atomic E-state index is 11.1. The van der Waals surface area contributed by atoms with Crippen LogP contribution in [0.4, 0.5) is 0 Å². The molecule has 16 heavy (non-hydrogen) atoms. The summed E-state index contributed by atoms with van der Waals surface area (Å²) in [7, 11) is 0. The number of nitrogens with zero attached hydrogens (tertiary/aromatic N) is 1. The number of ether oxygens (including phenoxy) is 1. The third kappa shape index (κ3) is 2.38. The summed E-state index contributed by atoms with van der Waals surface area (Å²) in [6.07, 6.45) is 5.17. The van der Waals surface area contributed by atoms with Gasteiger partial charge in [0.15, 0.2) is 0 Å². The van der Waals surface area contributed by atoms with E-state index in [9.17, 15) is 4.79 Å². The maximum Gasteiger partial charge on any atom is 0.320 e. The summed E-state index contributed by atoms with van der Waals surface area (Å²) in [5.41, 5.74) is 0. The Morgan fingerprint density at radius 3 is 3.00 bits per heavy atom. The largest absolute Gasteiger partial charge is 0.480 e. The highest BCUT2D eigenvalue weighted by Crippen LogP contribution is 2.28. The molecule has 92 valence electrons. The molecule has 3 unspecified atom stereocenters. The van der Waals surface area contributed by atoms with Gasteiger partial charge >= 0.3 is 5.97 Å². The highest BCUT2D eigenvalue weighted by molar-refractivity contribution is 5.73. The Hall–Kier alpha value is -0.610. The van der Waals surface area contributed by atoms with E-state index in [4.69, 9.17) is 9.84 Å². The van der Waals surface area contributed by atoms with E-state index >= 15 is 0 Å². The van der Waals surface area contributed by atoms with Crippen molar-refractivity contribution in [3.8, 4) is 0 Å². The van der Waals surface area contributed by atoms with Crippen LogP contribution in [-0.2, 0) is 9.53 Å².